The molecule has 0 saturated carbocycles. The van der Waals surface area contributed by atoms with Gasteiger partial charge < -0.3 is 19.3 Å². The highest BCUT2D eigenvalue weighted by Crippen LogP contribution is 2.44. The minimum Gasteiger partial charge on any atom is -0.503 e. The van der Waals surface area contributed by atoms with E-state index >= 15 is 0 Å². The Labute approximate surface area is 197 Å². The first-order valence-corrected chi connectivity index (χ1v) is 11.2. The smallest absolute Gasteiger partial charge is 0.293 e. The van der Waals surface area contributed by atoms with Gasteiger partial charge in [-0.2, -0.15) is 0 Å². The zero-order valence-corrected chi connectivity index (χ0v) is 19.9. The molecule has 1 fully saturated rings. The molecule has 11 heteroatoms. The van der Waals surface area contributed by atoms with Crippen LogP contribution in [0.25, 0.3) is 6.08 Å². The van der Waals surface area contributed by atoms with E-state index in [0.29, 0.717) is 36.6 Å². The Bertz CT molecular complexity index is 1120. The van der Waals surface area contributed by atoms with Crippen LogP contribution >= 0.6 is 55.2 Å². The van der Waals surface area contributed by atoms with E-state index in [1.54, 1.807) is 24.3 Å². The van der Waals surface area contributed by atoms with Crippen LogP contribution in [0.1, 0.15) is 11.1 Å². The third-order valence-electron chi connectivity index (χ3n) is 4.42. The molecule has 2 aliphatic rings. The van der Waals surface area contributed by atoms with Crippen molar-refractivity contribution in [3.63, 3.8) is 0 Å². The van der Waals surface area contributed by atoms with Crippen molar-refractivity contribution in [2.24, 2.45) is 0 Å². The molecule has 0 spiro atoms. The standard InChI is InChI=1S/C19H12Br2ClNO6S/c1-27-13-2-8(15(20)16(21)17(13)24)4-14-18(25)23(19(26)30-14)6-9-3-11-12(5-10(9)22)29-7-28-11/h2-5,24H,6-7H2,1H3/b14-4-. The summed E-state index contributed by atoms with van der Waals surface area (Å²) in [6, 6.07) is 4.83. The van der Waals surface area contributed by atoms with E-state index in [1.807, 2.05) is 0 Å². The number of rotatable bonds is 4. The van der Waals surface area contributed by atoms with E-state index in [9.17, 15) is 14.7 Å². The number of aromatic hydroxyl groups is 1. The number of hydrogen-bond acceptors (Lipinski definition) is 7. The lowest BCUT2D eigenvalue weighted by molar-refractivity contribution is -0.123. The summed E-state index contributed by atoms with van der Waals surface area (Å²) in [6.07, 6.45) is 1.56. The number of carbonyl (C=O) groups excluding carboxylic acids is 2. The Kier molecular flexibility index (Phi) is 5.93. The van der Waals surface area contributed by atoms with E-state index in [2.05, 4.69) is 31.9 Å². The van der Waals surface area contributed by atoms with Crippen LogP contribution in [0.2, 0.25) is 5.02 Å². The molecule has 0 aromatic heterocycles. The third kappa shape index (κ3) is 3.77. The monoisotopic (exact) mass is 575 g/mol. The second-order valence-corrected chi connectivity index (χ2v) is 9.20. The predicted molar refractivity (Wildman–Crippen MR) is 119 cm³/mol. The minimum atomic E-state index is -0.450. The number of ether oxygens (including phenoxy) is 3. The average Bonchev–Trinajstić information content (AvgIpc) is 3.27. The summed E-state index contributed by atoms with van der Waals surface area (Å²) in [6.45, 7) is 0.0984. The van der Waals surface area contributed by atoms with Crippen molar-refractivity contribution in [2.45, 2.75) is 6.54 Å². The second kappa shape index (κ2) is 8.33. The van der Waals surface area contributed by atoms with Crippen LogP contribution in [0.15, 0.2) is 32.0 Å². The first kappa shape index (κ1) is 21.4. The number of phenols is 1. The number of methoxy groups -OCH3 is 1. The summed E-state index contributed by atoms with van der Waals surface area (Å²) in [4.78, 5) is 26.7. The normalized spacial score (nSPS) is 16.7. The van der Waals surface area contributed by atoms with Gasteiger partial charge in [-0.05, 0) is 73.0 Å². The average molecular weight is 578 g/mol. The van der Waals surface area contributed by atoms with Gasteiger partial charge in [0.15, 0.2) is 23.0 Å². The maximum Gasteiger partial charge on any atom is 0.293 e. The van der Waals surface area contributed by atoms with Gasteiger partial charge in [-0.15, -0.1) is 0 Å². The number of halogens is 3. The van der Waals surface area contributed by atoms with Crippen LogP contribution in [-0.4, -0.2) is 35.1 Å². The molecule has 0 radical (unpaired) electrons. The molecule has 4 rings (SSSR count). The van der Waals surface area contributed by atoms with E-state index in [1.165, 1.54) is 7.11 Å². The van der Waals surface area contributed by atoms with Crippen molar-refractivity contribution in [1.82, 2.24) is 4.90 Å². The fourth-order valence-corrected chi connectivity index (χ4v) is 4.78. The topological polar surface area (TPSA) is 85.3 Å². The molecule has 30 heavy (non-hydrogen) atoms. The molecule has 2 aliphatic heterocycles. The lowest BCUT2D eigenvalue weighted by Crippen LogP contribution is -2.27. The van der Waals surface area contributed by atoms with Crippen molar-refractivity contribution in [3.8, 4) is 23.0 Å². The fraction of sp³-hybridized carbons (Fsp3) is 0.158. The molecule has 0 bridgehead atoms. The molecule has 7 nitrogen and oxygen atoms in total. The number of carbonyl (C=O) groups is 2. The third-order valence-corrected chi connectivity index (χ3v) is 7.84. The summed E-state index contributed by atoms with van der Waals surface area (Å²) < 4.78 is 16.7. The van der Waals surface area contributed by atoms with Gasteiger partial charge in [0.2, 0.25) is 6.79 Å². The Hall–Kier alpha value is -1.88. The SMILES string of the molecule is COc1cc(/C=C2\SC(=O)N(Cc3cc4c(cc3Cl)OCO4)C2=O)c(Br)c(Br)c1O. The predicted octanol–water partition coefficient (Wildman–Crippen LogP) is 5.54. The molecular formula is C19H12Br2ClNO6S. The highest BCUT2D eigenvalue weighted by atomic mass is 79.9. The van der Waals surface area contributed by atoms with Crippen molar-refractivity contribution in [1.29, 1.82) is 0 Å². The summed E-state index contributed by atoms with van der Waals surface area (Å²) >= 11 is 13.7. The maximum atomic E-state index is 12.9. The first-order chi connectivity index (χ1) is 14.3. The van der Waals surface area contributed by atoms with Crippen molar-refractivity contribution in [2.75, 3.05) is 13.9 Å². The van der Waals surface area contributed by atoms with Gasteiger partial charge in [0.25, 0.3) is 11.1 Å². The van der Waals surface area contributed by atoms with Gasteiger partial charge in [0.05, 0.1) is 23.0 Å². The molecule has 0 aliphatic carbocycles. The quantitative estimate of drug-likeness (QED) is 0.478. The van der Waals surface area contributed by atoms with Crippen LogP contribution < -0.4 is 14.2 Å². The van der Waals surface area contributed by atoms with Crippen molar-refractivity contribution < 1.29 is 28.9 Å². The van der Waals surface area contributed by atoms with Gasteiger partial charge >= 0.3 is 0 Å². The Morgan fingerprint density at radius 1 is 1.23 bits per heavy atom. The lowest BCUT2D eigenvalue weighted by atomic mass is 10.1. The Balaban J connectivity index is 1.63. The molecule has 1 N–H and O–H groups in total. The molecule has 0 atom stereocenters. The molecule has 156 valence electrons. The van der Waals surface area contributed by atoms with Crippen LogP contribution in [0, 0.1) is 0 Å². The molecule has 2 aromatic carbocycles. The lowest BCUT2D eigenvalue weighted by Gasteiger charge is -2.14. The number of amides is 2. The number of nitrogens with zero attached hydrogens (tertiary/aromatic N) is 1. The van der Waals surface area contributed by atoms with E-state index in [4.69, 9.17) is 25.8 Å². The van der Waals surface area contributed by atoms with Gasteiger partial charge in [-0.1, -0.05) is 11.6 Å². The maximum absolute atomic E-state index is 12.9. The molecule has 2 amide bonds. The number of benzene rings is 2. The number of thioether (sulfide) groups is 1. The Morgan fingerprint density at radius 2 is 1.93 bits per heavy atom. The number of fused-ring (bicyclic) bond motifs is 1. The zero-order valence-electron chi connectivity index (χ0n) is 15.2. The van der Waals surface area contributed by atoms with E-state index < -0.39 is 11.1 Å². The van der Waals surface area contributed by atoms with E-state index in [0.717, 1.165) is 16.7 Å². The van der Waals surface area contributed by atoms with E-state index in [-0.39, 0.29) is 29.7 Å². The van der Waals surface area contributed by atoms with Crippen molar-refractivity contribution in [3.05, 3.63) is 48.2 Å². The fourth-order valence-electron chi connectivity index (χ4n) is 2.90. The molecule has 2 heterocycles. The van der Waals surface area contributed by atoms with Gasteiger partial charge in [-0.25, -0.2) is 0 Å². The summed E-state index contributed by atoms with van der Waals surface area (Å²) in [5.74, 6) is 0.736. The molecular weight excluding hydrogens is 566 g/mol. The van der Waals surface area contributed by atoms with Crippen LogP contribution in [0.4, 0.5) is 4.79 Å². The highest BCUT2D eigenvalue weighted by Gasteiger charge is 2.36. The van der Waals surface area contributed by atoms with Gasteiger partial charge in [0, 0.05) is 15.6 Å². The Morgan fingerprint density at radius 3 is 2.63 bits per heavy atom. The summed E-state index contributed by atoms with van der Waals surface area (Å²) in [7, 11) is 1.42. The summed E-state index contributed by atoms with van der Waals surface area (Å²) in [5, 5.41) is 10.0. The molecule has 2 aromatic rings. The minimum absolute atomic E-state index is 0.00123. The zero-order chi connectivity index (χ0) is 21.6. The van der Waals surface area contributed by atoms with Crippen molar-refractivity contribution >= 4 is 72.4 Å². The highest BCUT2D eigenvalue weighted by molar-refractivity contribution is 9.13. The van der Waals surface area contributed by atoms with Gasteiger partial charge in [-0.3, -0.25) is 14.5 Å². The molecule has 0 unspecified atom stereocenters. The number of phenolic OH excluding ortho intramolecular Hbond substituents is 1. The number of imide groups is 1. The van der Waals surface area contributed by atoms with Gasteiger partial charge in [0.1, 0.15) is 0 Å². The van der Waals surface area contributed by atoms with Crippen LogP contribution in [0.5, 0.6) is 23.0 Å². The molecule has 1 saturated heterocycles. The van der Waals surface area contributed by atoms with Crippen LogP contribution in [0.3, 0.4) is 0 Å². The largest absolute Gasteiger partial charge is 0.503 e. The number of hydrogen-bond donors (Lipinski definition) is 1. The summed E-state index contributed by atoms with van der Waals surface area (Å²) in [5.41, 5.74) is 1.13. The van der Waals surface area contributed by atoms with Crippen LogP contribution in [-0.2, 0) is 11.3 Å². The first-order valence-electron chi connectivity index (χ1n) is 8.38. The second-order valence-electron chi connectivity index (χ2n) is 6.21.